The monoisotopic (exact) mass is 418 g/mol. The van der Waals surface area contributed by atoms with E-state index in [2.05, 4.69) is 0 Å². The summed E-state index contributed by atoms with van der Waals surface area (Å²) in [6, 6.07) is 17.4. The highest BCUT2D eigenvalue weighted by Crippen LogP contribution is 2.31. The van der Waals surface area contributed by atoms with E-state index in [1.807, 2.05) is 59.5 Å². The number of benzene rings is 2. The molecule has 6 nitrogen and oxygen atoms in total. The van der Waals surface area contributed by atoms with Crippen molar-refractivity contribution in [1.29, 1.82) is 0 Å². The summed E-state index contributed by atoms with van der Waals surface area (Å²) in [5, 5.41) is 0. The number of para-hydroxylation sites is 1. The predicted molar refractivity (Wildman–Crippen MR) is 115 cm³/mol. The Labute approximate surface area is 181 Å². The average molecular weight is 418 g/mol. The lowest BCUT2D eigenvalue weighted by Crippen LogP contribution is -2.36. The van der Waals surface area contributed by atoms with Gasteiger partial charge in [-0.1, -0.05) is 42.5 Å². The molecule has 0 aliphatic carbocycles. The molecule has 0 unspecified atom stereocenters. The first kappa shape index (κ1) is 19.8. The third kappa shape index (κ3) is 4.35. The second kappa shape index (κ2) is 8.94. The van der Waals surface area contributed by atoms with Gasteiger partial charge >= 0.3 is 0 Å². The molecule has 2 aromatic carbocycles. The van der Waals surface area contributed by atoms with Crippen molar-refractivity contribution in [3.8, 4) is 5.75 Å². The molecular formula is C25H26N2O4. The van der Waals surface area contributed by atoms with E-state index in [1.54, 1.807) is 0 Å². The lowest BCUT2D eigenvalue weighted by molar-refractivity contribution is 0.0721. The lowest BCUT2D eigenvalue weighted by Gasteiger charge is -2.26. The summed E-state index contributed by atoms with van der Waals surface area (Å²) in [7, 11) is 0. The van der Waals surface area contributed by atoms with E-state index >= 15 is 0 Å². The zero-order chi connectivity index (χ0) is 21.0. The van der Waals surface area contributed by atoms with Crippen LogP contribution in [0.4, 0.5) is 0 Å². The minimum absolute atomic E-state index is 0.0371. The van der Waals surface area contributed by atoms with Crippen molar-refractivity contribution in [3.63, 3.8) is 0 Å². The second-order valence-electron chi connectivity index (χ2n) is 8.06. The molecule has 0 N–H and O–H groups in total. The maximum absolute atomic E-state index is 13.3. The fourth-order valence-electron chi connectivity index (χ4n) is 4.19. The minimum atomic E-state index is -0.0371. The van der Waals surface area contributed by atoms with Crippen molar-refractivity contribution in [1.82, 2.24) is 9.88 Å². The number of rotatable bonds is 5. The van der Waals surface area contributed by atoms with Crippen molar-refractivity contribution >= 4 is 5.91 Å². The van der Waals surface area contributed by atoms with E-state index in [9.17, 15) is 4.79 Å². The number of nitrogens with zero attached hydrogens (tertiary/aromatic N) is 2. The fraction of sp³-hybridized carbons (Fsp3) is 0.360. The van der Waals surface area contributed by atoms with Crippen LogP contribution in [-0.2, 0) is 24.3 Å². The van der Waals surface area contributed by atoms with Gasteiger partial charge in [0.25, 0.3) is 5.91 Å². The molecule has 0 spiro atoms. The van der Waals surface area contributed by atoms with Gasteiger partial charge in [0, 0.05) is 32.1 Å². The van der Waals surface area contributed by atoms with Crippen LogP contribution in [0.2, 0.25) is 0 Å². The minimum Gasteiger partial charge on any atom is -0.488 e. The van der Waals surface area contributed by atoms with Crippen LogP contribution >= 0.6 is 0 Å². The van der Waals surface area contributed by atoms with Crippen molar-refractivity contribution in [3.05, 3.63) is 83.1 Å². The Hall–Kier alpha value is -3.12. The smallest absolute Gasteiger partial charge is 0.257 e. The standard InChI is InChI=1S/C25H26N2O4/c28-25(20-8-4-5-9-22(20)30-17-18-6-2-1-3-7-18)27-13-10-23-21(16-27)26-24(31-23)19-11-14-29-15-12-19/h1-9,19H,10-17H2. The quantitative estimate of drug-likeness (QED) is 0.617. The molecule has 3 heterocycles. The van der Waals surface area contributed by atoms with Crippen LogP contribution in [0.3, 0.4) is 0 Å². The molecule has 1 saturated heterocycles. The molecule has 1 aromatic heterocycles. The van der Waals surface area contributed by atoms with Crippen molar-refractivity contribution in [2.45, 2.75) is 38.3 Å². The first-order chi connectivity index (χ1) is 15.3. The number of carbonyl (C=O) groups is 1. The molecule has 31 heavy (non-hydrogen) atoms. The van der Waals surface area contributed by atoms with E-state index in [1.165, 1.54) is 0 Å². The fourth-order valence-corrected chi connectivity index (χ4v) is 4.19. The zero-order valence-corrected chi connectivity index (χ0v) is 17.5. The van der Waals surface area contributed by atoms with Crippen molar-refractivity contribution in [2.75, 3.05) is 19.8 Å². The molecule has 1 amide bonds. The van der Waals surface area contributed by atoms with Gasteiger partial charge in [-0.15, -0.1) is 0 Å². The number of ether oxygens (including phenoxy) is 2. The number of carbonyl (C=O) groups excluding carboxylic acids is 1. The molecule has 0 atom stereocenters. The molecule has 6 heteroatoms. The SMILES string of the molecule is O=C(c1ccccc1OCc1ccccc1)N1CCc2oc(C3CCOCC3)nc2C1. The van der Waals surface area contributed by atoms with E-state index < -0.39 is 0 Å². The van der Waals surface area contributed by atoms with Gasteiger partial charge in [-0.3, -0.25) is 4.79 Å². The molecule has 160 valence electrons. The van der Waals surface area contributed by atoms with Crippen LogP contribution in [-0.4, -0.2) is 35.5 Å². The van der Waals surface area contributed by atoms with Gasteiger partial charge in [-0.25, -0.2) is 4.98 Å². The first-order valence-electron chi connectivity index (χ1n) is 10.9. The van der Waals surface area contributed by atoms with Crippen LogP contribution < -0.4 is 4.74 Å². The molecular weight excluding hydrogens is 392 g/mol. The Morgan fingerprint density at radius 2 is 1.84 bits per heavy atom. The zero-order valence-electron chi connectivity index (χ0n) is 17.5. The molecule has 2 aliphatic heterocycles. The molecule has 1 fully saturated rings. The van der Waals surface area contributed by atoms with Gasteiger partial charge in [0.1, 0.15) is 23.8 Å². The molecule has 0 radical (unpaired) electrons. The summed E-state index contributed by atoms with van der Waals surface area (Å²) < 4.78 is 17.5. The number of fused-ring (bicyclic) bond motifs is 1. The van der Waals surface area contributed by atoms with Crippen LogP contribution in [0.15, 0.2) is 59.0 Å². The average Bonchev–Trinajstić information content (AvgIpc) is 3.27. The normalized spacial score (nSPS) is 16.7. The van der Waals surface area contributed by atoms with Crippen molar-refractivity contribution in [2.24, 2.45) is 0 Å². The van der Waals surface area contributed by atoms with E-state index in [0.717, 1.165) is 49.0 Å². The first-order valence-corrected chi connectivity index (χ1v) is 10.9. The van der Waals surface area contributed by atoms with Gasteiger partial charge < -0.3 is 18.8 Å². The van der Waals surface area contributed by atoms with Gasteiger partial charge in [-0.2, -0.15) is 0 Å². The molecule has 0 saturated carbocycles. The largest absolute Gasteiger partial charge is 0.488 e. The number of oxazole rings is 1. The Morgan fingerprint density at radius 1 is 1.06 bits per heavy atom. The summed E-state index contributed by atoms with van der Waals surface area (Å²) in [6.07, 6.45) is 2.56. The number of aromatic nitrogens is 1. The van der Waals surface area contributed by atoms with E-state index in [-0.39, 0.29) is 5.91 Å². The summed E-state index contributed by atoms with van der Waals surface area (Å²) in [6.45, 7) is 3.01. The molecule has 0 bridgehead atoms. The van der Waals surface area contributed by atoms with Gasteiger partial charge in [-0.05, 0) is 30.5 Å². The third-order valence-electron chi connectivity index (χ3n) is 5.96. The summed E-state index contributed by atoms with van der Waals surface area (Å²) in [4.78, 5) is 19.9. The van der Waals surface area contributed by atoms with E-state index in [4.69, 9.17) is 18.9 Å². The second-order valence-corrected chi connectivity index (χ2v) is 8.06. The Morgan fingerprint density at radius 3 is 2.68 bits per heavy atom. The Kier molecular flexibility index (Phi) is 5.71. The maximum Gasteiger partial charge on any atom is 0.257 e. The molecule has 2 aliphatic rings. The highest BCUT2D eigenvalue weighted by molar-refractivity contribution is 5.97. The highest BCUT2D eigenvalue weighted by Gasteiger charge is 2.30. The van der Waals surface area contributed by atoms with E-state index in [0.29, 0.717) is 43.3 Å². The van der Waals surface area contributed by atoms with Gasteiger partial charge in [0.2, 0.25) is 0 Å². The highest BCUT2D eigenvalue weighted by atomic mass is 16.5. The Bertz CT molecular complexity index is 1040. The van der Waals surface area contributed by atoms with Crippen molar-refractivity contribution < 1.29 is 18.7 Å². The lowest BCUT2D eigenvalue weighted by atomic mass is 10.0. The summed E-state index contributed by atoms with van der Waals surface area (Å²) in [5.74, 6) is 2.60. The van der Waals surface area contributed by atoms with Gasteiger partial charge in [0.15, 0.2) is 5.89 Å². The maximum atomic E-state index is 13.3. The topological polar surface area (TPSA) is 64.8 Å². The van der Waals surface area contributed by atoms with Gasteiger partial charge in [0.05, 0.1) is 12.1 Å². The number of hydrogen-bond donors (Lipinski definition) is 0. The molecule has 3 aromatic rings. The Balaban J connectivity index is 1.30. The third-order valence-corrected chi connectivity index (χ3v) is 5.96. The van der Waals surface area contributed by atoms with Crippen LogP contribution in [0.1, 0.15) is 52.0 Å². The van der Waals surface area contributed by atoms with Crippen LogP contribution in [0, 0.1) is 0 Å². The molecule has 5 rings (SSSR count). The number of amides is 1. The predicted octanol–water partition coefficient (Wildman–Crippen LogP) is 4.35. The summed E-state index contributed by atoms with van der Waals surface area (Å²) in [5.41, 5.74) is 2.52. The van der Waals surface area contributed by atoms with Crippen LogP contribution in [0.25, 0.3) is 0 Å². The van der Waals surface area contributed by atoms with Crippen LogP contribution in [0.5, 0.6) is 5.75 Å². The summed E-state index contributed by atoms with van der Waals surface area (Å²) >= 11 is 0. The number of hydrogen-bond acceptors (Lipinski definition) is 5.